The lowest BCUT2D eigenvalue weighted by molar-refractivity contribution is -0.120. The fourth-order valence-corrected chi connectivity index (χ4v) is 2.58. The monoisotopic (exact) mass is 346 g/mol. The standard InChI is InChI=1S/C14H20BrClN2O/c1-8(2)4-10(7-17)14(19)18-13-6-12(16)9(3)5-11(13)15/h5-6,8,10H,4,7,17H2,1-3H3,(H,18,19). The molecule has 0 fully saturated rings. The number of nitrogens with two attached hydrogens (primary N) is 1. The van der Waals surface area contributed by atoms with Gasteiger partial charge in [-0.15, -0.1) is 0 Å². The average Bonchev–Trinajstić information content (AvgIpc) is 2.32. The van der Waals surface area contributed by atoms with E-state index in [4.69, 9.17) is 17.3 Å². The minimum Gasteiger partial charge on any atom is -0.330 e. The fraction of sp³-hybridized carbons (Fsp3) is 0.500. The van der Waals surface area contributed by atoms with Crippen molar-refractivity contribution in [2.24, 2.45) is 17.6 Å². The van der Waals surface area contributed by atoms with Crippen LogP contribution in [0, 0.1) is 18.8 Å². The van der Waals surface area contributed by atoms with Crippen LogP contribution in [0.25, 0.3) is 0 Å². The number of carbonyl (C=O) groups is 1. The highest BCUT2D eigenvalue weighted by molar-refractivity contribution is 9.10. The minimum absolute atomic E-state index is 0.0585. The molecule has 0 radical (unpaired) electrons. The fourth-order valence-electron chi connectivity index (χ4n) is 1.86. The average molecular weight is 348 g/mol. The summed E-state index contributed by atoms with van der Waals surface area (Å²) in [4.78, 5) is 12.2. The molecule has 0 heterocycles. The van der Waals surface area contributed by atoms with Gasteiger partial charge < -0.3 is 11.1 Å². The molecule has 0 saturated carbocycles. The van der Waals surface area contributed by atoms with Gasteiger partial charge in [-0.05, 0) is 52.9 Å². The maximum atomic E-state index is 12.2. The molecule has 3 N–H and O–H groups in total. The molecule has 3 nitrogen and oxygen atoms in total. The molecule has 5 heteroatoms. The van der Waals surface area contributed by atoms with Gasteiger partial charge >= 0.3 is 0 Å². The molecular formula is C14H20BrClN2O. The van der Waals surface area contributed by atoms with E-state index in [1.165, 1.54) is 0 Å². The van der Waals surface area contributed by atoms with Crippen LogP contribution in [0.3, 0.4) is 0 Å². The Kier molecular flexibility index (Phi) is 6.30. The third-order valence-electron chi connectivity index (χ3n) is 2.92. The molecule has 0 aliphatic heterocycles. The van der Waals surface area contributed by atoms with Crippen LogP contribution in [-0.2, 0) is 4.79 Å². The molecule has 0 bridgehead atoms. The summed E-state index contributed by atoms with van der Waals surface area (Å²) in [7, 11) is 0. The number of anilines is 1. The lowest BCUT2D eigenvalue weighted by Crippen LogP contribution is -2.30. The van der Waals surface area contributed by atoms with Crippen molar-refractivity contribution in [1.29, 1.82) is 0 Å². The van der Waals surface area contributed by atoms with Crippen LogP contribution in [0.1, 0.15) is 25.8 Å². The number of hydrogen-bond acceptors (Lipinski definition) is 2. The summed E-state index contributed by atoms with van der Waals surface area (Å²) in [5.41, 5.74) is 7.31. The van der Waals surface area contributed by atoms with Gasteiger partial charge in [-0.2, -0.15) is 0 Å². The Morgan fingerprint density at radius 2 is 2.11 bits per heavy atom. The second-order valence-electron chi connectivity index (χ2n) is 5.13. The van der Waals surface area contributed by atoms with E-state index in [-0.39, 0.29) is 11.8 Å². The zero-order valence-electron chi connectivity index (χ0n) is 11.5. The molecule has 1 atom stereocenters. The number of nitrogens with one attached hydrogen (secondary N) is 1. The molecule has 1 amide bonds. The van der Waals surface area contributed by atoms with E-state index in [1.807, 2.05) is 13.0 Å². The van der Waals surface area contributed by atoms with Crippen LogP contribution in [0.5, 0.6) is 0 Å². The smallest absolute Gasteiger partial charge is 0.228 e. The summed E-state index contributed by atoms with van der Waals surface area (Å²) < 4.78 is 0.822. The maximum absolute atomic E-state index is 12.2. The molecule has 0 spiro atoms. The molecule has 1 unspecified atom stereocenters. The van der Waals surface area contributed by atoms with Gasteiger partial charge in [0.25, 0.3) is 0 Å². The molecule has 106 valence electrons. The maximum Gasteiger partial charge on any atom is 0.228 e. The molecule has 0 aliphatic carbocycles. The van der Waals surface area contributed by atoms with Gasteiger partial charge in [-0.1, -0.05) is 25.4 Å². The van der Waals surface area contributed by atoms with Crippen molar-refractivity contribution in [2.75, 3.05) is 11.9 Å². The van der Waals surface area contributed by atoms with Crippen molar-refractivity contribution in [2.45, 2.75) is 27.2 Å². The summed E-state index contributed by atoms with van der Waals surface area (Å²) in [5, 5.41) is 3.52. The molecule has 1 rings (SSSR count). The predicted octanol–water partition coefficient (Wildman–Crippen LogP) is 3.97. The Morgan fingerprint density at radius 3 is 2.63 bits per heavy atom. The van der Waals surface area contributed by atoms with E-state index < -0.39 is 0 Å². The molecule has 0 aromatic heterocycles. The lowest BCUT2D eigenvalue weighted by atomic mass is 9.96. The number of carbonyl (C=O) groups excluding carboxylic acids is 1. The zero-order chi connectivity index (χ0) is 14.6. The normalized spacial score (nSPS) is 12.6. The van der Waals surface area contributed by atoms with Crippen LogP contribution < -0.4 is 11.1 Å². The quantitative estimate of drug-likeness (QED) is 0.846. The van der Waals surface area contributed by atoms with Gasteiger partial charge in [0.1, 0.15) is 0 Å². The summed E-state index contributed by atoms with van der Waals surface area (Å²) in [6, 6.07) is 3.64. The van der Waals surface area contributed by atoms with Crippen molar-refractivity contribution >= 4 is 39.1 Å². The van der Waals surface area contributed by atoms with E-state index in [0.717, 1.165) is 16.5 Å². The third-order valence-corrected chi connectivity index (χ3v) is 3.98. The Labute approximate surface area is 128 Å². The van der Waals surface area contributed by atoms with E-state index in [1.54, 1.807) is 6.07 Å². The van der Waals surface area contributed by atoms with Gasteiger partial charge in [0.15, 0.2) is 0 Å². The number of halogens is 2. The van der Waals surface area contributed by atoms with Gasteiger partial charge in [-0.3, -0.25) is 4.79 Å². The van der Waals surface area contributed by atoms with Gasteiger partial charge in [0.05, 0.1) is 11.6 Å². The third kappa shape index (κ3) is 4.79. The van der Waals surface area contributed by atoms with Gasteiger partial charge in [0, 0.05) is 16.0 Å². The van der Waals surface area contributed by atoms with Crippen LogP contribution in [0.2, 0.25) is 5.02 Å². The van der Waals surface area contributed by atoms with Crippen LogP contribution >= 0.6 is 27.5 Å². The minimum atomic E-state index is -0.174. The Morgan fingerprint density at radius 1 is 1.47 bits per heavy atom. The highest BCUT2D eigenvalue weighted by Crippen LogP contribution is 2.29. The zero-order valence-corrected chi connectivity index (χ0v) is 13.8. The number of amides is 1. The van der Waals surface area contributed by atoms with E-state index in [9.17, 15) is 4.79 Å². The molecule has 1 aromatic carbocycles. The van der Waals surface area contributed by atoms with E-state index in [0.29, 0.717) is 23.2 Å². The Balaban J connectivity index is 2.84. The molecule has 0 aliphatic rings. The van der Waals surface area contributed by atoms with Crippen LogP contribution in [0.15, 0.2) is 16.6 Å². The lowest BCUT2D eigenvalue weighted by Gasteiger charge is -2.17. The largest absolute Gasteiger partial charge is 0.330 e. The Bertz CT molecular complexity index is 463. The van der Waals surface area contributed by atoms with E-state index in [2.05, 4.69) is 35.1 Å². The highest BCUT2D eigenvalue weighted by atomic mass is 79.9. The number of benzene rings is 1. The first-order valence-corrected chi connectivity index (χ1v) is 7.48. The van der Waals surface area contributed by atoms with Crippen LogP contribution in [-0.4, -0.2) is 12.5 Å². The summed E-state index contributed by atoms with van der Waals surface area (Å²) in [6.45, 7) is 6.42. The number of hydrogen-bond donors (Lipinski definition) is 2. The molecule has 0 saturated heterocycles. The predicted molar refractivity (Wildman–Crippen MR) is 84.5 cm³/mol. The van der Waals surface area contributed by atoms with Gasteiger partial charge in [-0.25, -0.2) is 0 Å². The van der Waals surface area contributed by atoms with Crippen molar-refractivity contribution in [3.05, 3.63) is 27.2 Å². The second-order valence-corrected chi connectivity index (χ2v) is 6.39. The van der Waals surface area contributed by atoms with Crippen molar-refractivity contribution in [1.82, 2.24) is 0 Å². The van der Waals surface area contributed by atoms with Crippen LogP contribution in [0.4, 0.5) is 5.69 Å². The molecular weight excluding hydrogens is 328 g/mol. The first kappa shape index (κ1) is 16.5. The van der Waals surface area contributed by atoms with Gasteiger partial charge in [0.2, 0.25) is 5.91 Å². The summed E-state index contributed by atoms with van der Waals surface area (Å²) in [5.74, 6) is 0.202. The molecule has 19 heavy (non-hydrogen) atoms. The first-order valence-electron chi connectivity index (χ1n) is 6.31. The van der Waals surface area contributed by atoms with E-state index >= 15 is 0 Å². The number of rotatable bonds is 5. The van der Waals surface area contributed by atoms with Crippen molar-refractivity contribution < 1.29 is 4.79 Å². The topological polar surface area (TPSA) is 55.1 Å². The molecule has 1 aromatic rings. The SMILES string of the molecule is Cc1cc(Br)c(NC(=O)C(CN)CC(C)C)cc1Cl. The summed E-state index contributed by atoms with van der Waals surface area (Å²) in [6.07, 6.45) is 0.777. The second kappa shape index (κ2) is 7.27. The van der Waals surface area contributed by atoms with Crippen molar-refractivity contribution in [3.63, 3.8) is 0 Å². The highest BCUT2D eigenvalue weighted by Gasteiger charge is 2.19. The Hall–Kier alpha value is -0.580. The number of aryl methyl sites for hydroxylation is 1. The van der Waals surface area contributed by atoms with Crippen molar-refractivity contribution in [3.8, 4) is 0 Å². The summed E-state index contributed by atoms with van der Waals surface area (Å²) >= 11 is 9.50. The first-order chi connectivity index (χ1) is 8.85.